The number of aliphatic carboxylic acids is 1. The number of carbonyl (C=O) groups is 3. The van der Waals surface area contributed by atoms with Gasteiger partial charge in [-0.15, -0.1) is 0 Å². The third-order valence-electron chi connectivity index (χ3n) is 3.73. The van der Waals surface area contributed by atoms with Crippen molar-refractivity contribution in [3.05, 3.63) is 0 Å². The van der Waals surface area contributed by atoms with Crippen LogP contribution < -0.4 is 0 Å². The molecule has 0 aromatic heterocycles. The van der Waals surface area contributed by atoms with E-state index in [2.05, 4.69) is 0 Å². The lowest BCUT2D eigenvalue weighted by Crippen LogP contribution is -2.47. The molecule has 0 spiro atoms. The van der Waals surface area contributed by atoms with E-state index in [1.54, 1.807) is 0 Å². The summed E-state index contributed by atoms with van der Waals surface area (Å²) in [5.41, 5.74) is -0.473. The van der Waals surface area contributed by atoms with Gasteiger partial charge in [0.2, 0.25) is 5.91 Å². The molecule has 2 atom stereocenters. The fourth-order valence-electron chi connectivity index (χ4n) is 2.55. The van der Waals surface area contributed by atoms with Crippen LogP contribution in [-0.2, 0) is 19.1 Å². The van der Waals surface area contributed by atoms with Crippen LogP contribution in [0.4, 0.5) is 0 Å². The molecule has 0 aromatic rings. The fourth-order valence-corrected chi connectivity index (χ4v) is 2.55. The molecule has 1 aliphatic rings. The molecular weight excluding hydrogens is 262 g/mol. The summed E-state index contributed by atoms with van der Waals surface area (Å²) in [6.45, 7) is 5.98. The monoisotopic (exact) mass is 285 g/mol. The van der Waals surface area contributed by atoms with Gasteiger partial charge in [0.15, 0.2) is 0 Å². The smallest absolute Gasteiger partial charge is 0.328 e. The highest BCUT2D eigenvalue weighted by Gasteiger charge is 2.42. The van der Waals surface area contributed by atoms with E-state index in [1.807, 2.05) is 20.8 Å². The van der Waals surface area contributed by atoms with Gasteiger partial charge in [-0.3, -0.25) is 9.59 Å². The molecule has 1 rings (SSSR count). The highest BCUT2D eigenvalue weighted by Crippen LogP contribution is 2.33. The fraction of sp³-hybridized carbons (Fsp3) is 0.786. The predicted molar refractivity (Wildman–Crippen MR) is 71.9 cm³/mol. The van der Waals surface area contributed by atoms with Crippen LogP contribution in [0.1, 0.15) is 40.0 Å². The second-order valence-corrected chi connectivity index (χ2v) is 6.23. The van der Waals surface area contributed by atoms with Crippen molar-refractivity contribution in [2.45, 2.75) is 46.1 Å². The van der Waals surface area contributed by atoms with Crippen molar-refractivity contribution in [1.82, 2.24) is 4.90 Å². The van der Waals surface area contributed by atoms with Crippen LogP contribution in [-0.4, -0.2) is 47.5 Å². The predicted octanol–water partition coefficient (Wildman–Crippen LogP) is 1.29. The van der Waals surface area contributed by atoms with E-state index in [-0.39, 0.29) is 12.3 Å². The highest BCUT2D eigenvalue weighted by atomic mass is 16.5. The Balaban J connectivity index is 2.94. The summed E-state index contributed by atoms with van der Waals surface area (Å²) in [4.78, 5) is 36.8. The molecule has 6 heteroatoms. The van der Waals surface area contributed by atoms with E-state index in [1.165, 1.54) is 12.0 Å². The van der Waals surface area contributed by atoms with Crippen LogP contribution in [0, 0.1) is 11.3 Å². The van der Waals surface area contributed by atoms with E-state index in [9.17, 15) is 14.4 Å². The van der Waals surface area contributed by atoms with Crippen molar-refractivity contribution in [2.75, 3.05) is 13.7 Å². The average molecular weight is 285 g/mol. The zero-order valence-electron chi connectivity index (χ0n) is 12.5. The molecule has 0 aromatic carbocycles. The van der Waals surface area contributed by atoms with E-state index in [0.29, 0.717) is 13.0 Å². The molecule has 1 heterocycles. The van der Waals surface area contributed by atoms with Crippen molar-refractivity contribution in [2.24, 2.45) is 11.3 Å². The van der Waals surface area contributed by atoms with Crippen molar-refractivity contribution in [1.29, 1.82) is 0 Å². The van der Waals surface area contributed by atoms with Crippen LogP contribution in [0.3, 0.4) is 0 Å². The molecule has 1 N–H and O–H groups in total. The van der Waals surface area contributed by atoms with E-state index < -0.39 is 29.3 Å². The minimum atomic E-state index is -1.01. The molecule has 0 saturated carbocycles. The maximum absolute atomic E-state index is 12.6. The molecule has 1 fully saturated rings. The lowest BCUT2D eigenvalue weighted by Gasteiger charge is -2.33. The minimum Gasteiger partial charge on any atom is -0.481 e. The molecule has 0 bridgehead atoms. The zero-order chi connectivity index (χ0) is 15.5. The molecular formula is C14H23NO5. The van der Waals surface area contributed by atoms with Crippen LogP contribution in [0.2, 0.25) is 0 Å². The van der Waals surface area contributed by atoms with Gasteiger partial charge < -0.3 is 14.7 Å². The molecule has 6 nitrogen and oxygen atoms in total. The van der Waals surface area contributed by atoms with Crippen LogP contribution in [0.25, 0.3) is 0 Å². The Kier molecular flexibility index (Phi) is 5.14. The number of nitrogens with zero attached hydrogens (tertiary/aromatic N) is 1. The average Bonchev–Trinajstić information content (AvgIpc) is 2.81. The number of hydrogen-bond donors (Lipinski definition) is 1. The molecule has 0 unspecified atom stereocenters. The first-order valence-electron chi connectivity index (χ1n) is 6.78. The summed E-state index contributed by atoms with van der Waals surface area (Å²) in [6.07, 6.45) is 1.07. The van der Waals surface area contributed by atoms with Crippen molar-refractivity contribution < 1.29 is 24.2 Å². The number of rotatable bonds is 4. The lowest BCUT2D eigenvalue weighted by atomic mass is 9.77. The first-order chi connectivity index (χ1) is 9.18. The van der Waals surface area contributed by atoms with Crippen molar-refractivity contribution in [3.8, 4) is 0 Å². The third kappa shape index (κ3) is 3.71. The maximum atomic E-state index is 12.6. The number of esters is 1. The topological polar surface area (TPSA) is 83.9 Å². The van der Waals surface area contributed by atoms with Gasteiger partial charge in [0, 0.05) is 6.54 Å². The SMILES string of the molecule is COC(=O)[C@@H]1CCCN1C(=O)[C@@H](CC(=O)O)C(C)(C)C. The summed E-state index contributed by atoms with van der Waals surface area (Å²) in [6, 6.07) is -0.578. The first kappa shape index (κ1) is 16.5. The second kappa shape index (κ2) is 6.24. The van der Waals surface area contributed by atoms with Crippen LogP contribution >= 0.6 is 0 Å². The zero-order valence-corrected chi connectivity index (χ0v) is 12.5. The Morgan fingerprint density at radius 3 is 2.40 bits per heavy atom. The largest absolute Gasteiger partial charge is 0.481 e. The van der Waals surface area contributed by atoms with Gasteiger partial charge >= 0.3 is 11.9 Å². The van der Waals surface area contributed by atoms with Crippen LogP contribution in [0.5, 0.6) is 0 Å². The maximum Gasteiger partial charge on any atom is 0.328 e. The Morgan fingerprint density at radius 1 is 1.35 bits per heavy atom. The molecule has 0 aliphatic carbocycles. The van der Waals surface area contributed by atoms with Gasteiger partial charge in [0.25, 0.3) is 0 Å². The number of carbonyl (C=O) groups excluding carboxylic acids is 2. The molecule has 1 amide bonds. The Morgan fingerprint density at radius 2 is 1.95 bits per heavy atom. The summed E-state index contributed by atoms with van der Waals surface area (Å²) in [7, 11) is 1.29. The molecule has 20 heavy (non-hydrogen) atoms. The Labute approximate surface area is 119 Å². The minimum absolute atomic E-state index is 0.229. The summed E-state index contributed by atoms with van der Waals surface area (Å²) in [5.74, 6) is -2.36. The molecule has 0 radical (unpaired) electrons. The van der Waals surface area contributed by atoms with E-state index in [4.69, 9.17) is 9.84 Å². The normalized spacial score (nSPS) is 20.6. The van der Waals surface area contributed by atoms with E-state index in [0.717, 1.165) is 6.42 Å². The van der Waals surface area contributed by atoms with E-state index >= 15 is 0 Å². The first-order valence-corrected chi connectivity index (χ1v) is 6.78. The second-order valence-electron chi connectivity index (χ2n) is 6.23. The highest BCUT2D eigenvalue weighted by molar-refractivity contribution is 5.88. The number of amides is 1. The number of carboxylic acids is 1. The standard InChI is InChI=1S/C14H23NO5/c1-14(2,3)9(8-11(16)17)12(18)15-7-5-6-10(15)13(19)20-4/h9-10H,5-8H2,1-4H3,(H,16,17)/t9-,10+/m1/s1. The molecule has 1 saturated heterocycles. The van der Waals surface area contributed by atoms with Crippen molar-refractivity contribution in [3.63, 3.8) is 0 Å². The van der Waals surface area contributed by atoms with Gasteiger partial charge in [-0.1, -0.05) is 20.8 Å². The number of ether oxygens (including phenoxy) is 1. The van der Waals surface area contributed by atoms with Gasteiger partial charge in [-0.05, 0) is 18.3 Å². The quantitative estimate of drug-likeness (QED) is 0.787. The Bertz CT molecular complexity index is 399. The number of carboxylic acid groups (broad SMARTS) is 1. The number of methoxy groups -OCH3 is 1. The van der Waals surface area contributed by atoms with Gasteiger partial charge in [0.1, 0.15) is 6.04 Å². The van der Waals surface area contributed by atoms with Gasteiger partial charge in [0.05, 0.1) is 19.4 Å². The summed E-state index contributed by atoms with van der Waals surface area (Å²) in [5, 5.41) is 9.00. The van der Waals surface area contributed by atoms with Crippen molar-refractivity contribution >= 4 is 17.8 Å². The lowest BCUT2D eigenvalue weighted by molar-refractivity contribution is -0.155. The van der Waals surface area contributed by atoms with Gasteiger partial charge in [-0.2, -0.15) is 0 Å². The summed E-state index contributed by atoms with van der Waals surface area (Å²) >= 11 is 0. The van der Waals surface area contributed by atoms with Gasteiger partial charge in [-0.25, -0.2) is 4.79 Å². The Hall–Kier alpha value is -1.59. The number of likely N-dealkylation sites (tertiary alicyclic amines) is 1. The molecule has 1 aliphatic heterocycles. The third-order valence-corrected chi connectivity index (χ3v) is 3.73. The van der Waals surface area contributed by atoms with Crippen LogP contribution in [0.15, 0.2) is 0 Å². The molecule has 114 valence electrons. The summed E-state index contributed by atoms with van der Waals surface area (Å²) < 4.78 is 4.71. The number of hydrogen-bond acceptors (Lipinski definition) is 4.